The van der Waals surface area contributed by atoms with Gasteiger partial charge in [0.15, 0.2) is 0 Å². The minimum absolute atomic E-state index is 0.0423. The summed E-state index contributed by atoms with van der Waals surface area (Å²) < 4.78 is 0. The van der Waals surface area contributed by atoms with E-state index in [-0.39, 0.29) is 16.9 Å². The molecule has 3 aliphatic rings. The number of aliphatic hydroxyl groups excluding tert-OH is 1. The highest BCUT2D eigenvalue weighted by atomic mass is 16.3. The fourth-order valence-electron chi connectivity index (χ4n) is 5.19. The van der Waals surface area contributed by atoms with Gasteiger partial charge in [-0.05, 0) is 49.4 Å². The second-order valence-corrected chi connectivity index (χ2v) is 7.56. The largest absolute Gasteiger partial charge is 0.393 e. The third-order valence-corrected chi connectivity index (χ3v) is 6.53. The Morgan fingerprint density at radius 3 is 2.61 bits per heavy atom. The highest BCUT2D eigenvalue weighted by Crippen LogP contribution is 2.66. The van der Waals surface area contributed by atoms with E-state index in [2.05, 4.69) is 13.8 Å². The number of ketones is 1. The fourth-order valence-corrected chi connectivity index (χ4v) is 5.19. The van der Waals surface area contributed by atoms with Gasteiger partial charge in [0.1, 0.15) is 5.78 Å². The lowest BCUT2D eigenvalue weighted by Gasteiger charge is -2.40. The van der Waals surface area contributed by atoms with E-state index in [4.69, 9.17) is 0 Å². The molecule has 1 N–H and O–H groups in total. The molecule has 2 bridgehead atoms. The zero-order chi connectivity index (χ0) is 13.0. The Labute approximate surface area is 110 Å². The van der Waals surface area contributed by atoms with Crippen molar-refractivity contribution in [2.45, 2.75) is 71.3 Å². The molecule has 0 aromatic carbocycles. The van der Waals surface area contributed by atoms with Crippen LogP contribution in [0.1, 0.15) is 65.2 Å². The maximum Gasteiger partial charge on any atom is 0.139 e. The SMILES string of the molecule is CC1(C)C2CCC1(CC1CCCC(O)C1)C(=O)C2. The van der Waals surface area contributed by atoms with E-state index >= 15 is 0 Å². The molecular formula is C16H26O2. The number of fused-ring (bicyclic) bond motifs is 2. The number of carbonyl (C=O) groups is 1. The first-order chi connectivity index (χ1) is 8.46. The quantitative estimate of drug-likeness (QED) is 0.816. The van der Waals surface area contributed by atoms with Gasteiger partial charge in [0.05, 0.1) is 6.10 Å². The summed E-state index contributed by atoms with van der Waals surface area (Å²) in [4.78, 5) is 12.5. The van der Waals surface area contributed by atoms with Gasteiger partial charge in [-0.1, -0.05) is 26.7 Å². The number of carbonyl (C=O) groups excluding carboxylic acids is 1. The highest BCUT2D eigenvalue weighted by molar-refractivity contribution is 5.89. The van der Waals surface area contributed by atoms with Gasteiger partial charge in [0, 0.05) is 11.8 Å². The molecule has 3 rings (SSSR count). The van der Waals surface area contributed by atoms with Crippen LogP contribution in [0.2, 0.25) is 0 Å². The first-order valence-corrected chi connectivity index (χ1v) is 7.67. The molecule has 0 radical (unpaired) electrons. The van der Waals surface area contributed by atoms with Crippen molar-refractivity contribution < 1.29 is 9.90 Å². The number of rotatable bonds is 2. The van der Waals surface area contributed by atoms with Crippen molar-refractivity contribution in [2.75, 3.05) is 0 Å². The van der Waals surface area contributed by atoms with Gasteiger partial charge in [0.25, 0.3) is 0 Å². The van der Waals surface area contributed by atoms with Gasteiger partial charge in [-0.2, -0.15) is 0 Å². The summed E-state index contributed by atoms with van der Waals surface area (Å²) in [5.41, 5.74) is 0.159. The van der Waals surface area contributed by atoms with Gasteiger partial charge in [0.2, 0.25) is 0 Å². The molecule has 0 amide bonds. The van der Waals surface area contributed by atoms with Crippen LogP contribution >= 0.6 is 0 Å². The van der Waals surface area contributed by atoms with Crippen molar-refractivity contribution in [3.05, 3.63) is 0 Å². The lowest BCUT2D eigenvalue weighted by molar-refractivity contribution is -0.131. The summed E-state index contributed by atoms with van der Waals surface area (Å²) in [5, 5.41) is 9.83. The van der Waals surface area contributed by atoms with E-state index < -0.39 is 0 Å². The third kappa shape index (κ3) is 1.61. The van der Waals surface area contributed by atoms with Gasteiger partial charge in [-0.25, -0.2) is 0 Å². The highest BCUT2D eigenvalue weighted by Gasteiger charge is 2.64. The first-order valence-electron chi connectivity index (χ1n) is 7.67. The maximum atomic E-state index is 12.5. The smallest absolute Gasteiger partial charge is 0.139 e. The van der Waals surface area contributed by atoms with E-state index in [0.29, 0.717) is 17.6 Å². The summed E-state index contributed by atoms with van der Waals surface area (Å²) in [6.45, 7) is 4.63. The van der Waals surface area contributed by atoms with E-state index in [1.165, 1.54) is 12.8 Å². The van der Waals surface area contributed by atoms with Crippen molar-refractivity contribution in [3.63, 3.8) is 0 Å². The normalized spacial score (nSPS) is 46.6. The van der Waals surface area contributed by atoms with E-state index in [1.807, 2.05) is 0 Å². The Kier molecular flexibility index (Phi) is 2.85. The molecule has 0 spiro atoms. The Bertz CT molecular complexity index is 360. The van der Waals surface area contributed by atoms with Crippen molar-refractivity contribution in [3.8, 4) is 0 Å². The molecule has 3 aliphatic carbocycles. The fraction of sp³-hybridized carbons (Fsp3) is 0.938. The molecule has 0 saturated heterocycles. The number of hydrogen-bond acceptors (Lipinski definition) is 2. The summed E-state index contributed by atoms with van der Waals surface area (Å²) >= 11 is 0. The molecular weight excluding hydrogens is 224 g/mol. The monoisotopic (exact) mass is 250 g/mol. The summed E-state index contributed by atoms with van der Waals surface area (Å²) in [6, 6.07) is 0. The van der Waals surface area contributed by atoms with Crippen LogP contribution in [0.3, 0.4) is 0 Å². The second-order valence-electron chi connectivity index (χ2n) is 7.56. The summed E-state index contributed by atoms with van der Waals surface area (Å²) in [5.74, 6) is 1.73. The van der Waals surface area contributed by atoms with Gasteiger partial charge in [-0.15, -0.1) is 0 Å². The lowest BCUT2D eigenvalue weighted by atomic mass is 9.63. The zero-order valence-electron chi connectivity index (χ0n) is 11.7. The van der Waals surface area contributed by atoms with Crippen LogP contribution < -0.4 is 0 Å². The van der Waals surface area contributed by atoms with Gasteiger partial charge in [-0.3, -0.25) is 4.79 Å². The molecule has 0 aliphatic heterocycles. The van der Waals surface area contributed by atoms with Crippen molar-refractivity contribution in [1.29, 1.82) is 0 Å². The van der Waals surface area contributed by atoms with Gasteiger partial charge >= 0.3 is 0 Å². The van der Waals surface area contributed by atoms with E-state index in [0.717, 1.165) is 38.5 Å². The van der Waals surface area contributed by atoms with E-state index in [1.54, 1.807) is 0 Å². The summed E-state index contributed by atoms with van der Waals surface area (Å²) in [6.07, 6.45) is 8.35. The molecule has 3 fully saturated rings. The Morgan fingerprint density at radius 1 is 1.28 bits per heavy atom. The van der Waals surface area contributed by atoms with Crippen LogP contribution in [0, 0.1) is 22.7 Å². The maximum absolute atomic E-state index is 12.5. The number of aliphatic hydroxyl groups is 1. The molecule has 0 heterocycles. The molecule has 18 heavy (non-hydrogen) atoms. The van der Waals surface area contributed by atoms with E-state index in [9.17, 15) is 9.90 Å². The number of Topliss-reactive ketones (excluding diaryl/α,β-unsaturated/α-hetero) is 1. The molecule has 2 heteroatoms. The molecule has 2 nitrogen and oxygen atoms in total. The first kappa shape index (κ1) is 12.7. The minimum atomic E-state index is -0.114. The predicted molar refractivity (Wildman–Crippen MR) is 71.1 cm³/mol. The van der Waals surface area contributed by atoms with Crippen molar-refractivity contribution in [1.82, 2.24) is 0 Å². The predicted octanol–water partition coefficient (Wildman–Crippen LogP) is 3.32. The van der Waals surface area contributed by atoms with Crippen LogP contribution in [0.4, 0.5) is 0 Å². The Hall–Kier alpha value is -0.370. The molecule has 3 saturated carbocycles. The molecule has 4 atom stereocenters. The molecule has 0 aromatic heterocycles. The van der Waals surface area contributed by atoms with Crippen molar-refractivity contribution in [2.24, 2.45) is 22.7 Å². The molecule has 4 unspecified atom stereocenters. The average Bonchev–Trinajstić information content (AvgIpc) is 2.63. The lowest BCUT2D eigenvalue weighted by Crippen LogP contribution is -2.39. The van der Waals surface area contributed by atoms with Crippen LogP contribution in [-0.2, 0) is 4.79 Å². The Morgan fingerprint density at radius 2 is 2.06 bits per heavy atom. The van der Waals surface area contributed by atoms with Crippen LogP contribution in [0.15, 0.2) is 0 Å². The van der Waals surface area contributed by atoms with Gasteiger partial charge < -0.3 is 5.11 Å². The topological polar surface area (TPSA) is 37.3 Å². The molecule has 102 valence electrons. The zero-order valence-corrected chi connectivity index (χ0v) is 11.7. The van der Waals surface area contributed by atoms with Crippen LogP contribution in [0.25, 0.3) is 0 Å². The van der Waals surface area contributed by atoms with Crippen molar-refractivity contribution >= 4 is 5.78 Å². The standard InChI is InChI=1S/C16H26O2/c1-15(2)12-6-7-16(15,14(18)9-12)10-11-4-3-5-13(17)8-11/h11-13,17H,3-10H2,1-2H3. The molecule has 0 aromatic rings. The third-order valence-electron chi connectivity index (χ3n) is 6.53. The van der Waals surface area contributed by atoms with Crippen LogP contribution in [0.5, 0.6) is 0 Å². The van der Waals surface area contributed by atoms with Crippen LogP contribution in [-0.4, -0.2) is 17.0 Å². The second kappa shape index (κ2) is 4.06. The average molecular weight is 250 g/mol. The minimum Gasteiger partial charge on any atom is -0.393 e. The summed E-state index contributed by atoms with van der Waals surface area (Å²) in [7, 11) is 0. The Balaban J connectivity index is 1.80. The number of hydrogen-bond donors (Lipinski definition) is 1.